The summed E-state index contributed by atoms with van der Waals surface area (Å²) in [6.07, 6.45) is 1.13. The molecule has 0 bridgehead atoms. The van der Waals surface area contributed by atoms with Gasteiger partial charge in [-0.2, -0.15) is 0 Å². The quantitative estimate of drug-likeness (QED) is 0.620. The lowest BCUT2D eigenvalue weighted by Crippen LogP contribution is -2.87. The first kappa shape index (κ1) is 19.3. The standard InChI is InChI=1S/C21H25N3O2S/c1-4-14(2)16-7-9-17(10-8-16)21(18-6-5-11-27-18)22-13-20(25)23-19-12-15(3)26-24-19/h5-12,14,21-22H,4,13H2,1-3H3,(H,23,24,25)/p+1/t14-,21-/m1/s1. The van der Waals surface area contributed by atoms with Gasteiger partial charge in [0.1, 0.15) is 11.8 Å². The molecule has 2 atom stereocenters. The third kappa shape index (κ3) is 5.05. The Labute approximate surface area is 163 Å². The van der Waals surface area contributed by atoms with E-state index in [4.69, 9.17) is 4.52 Å². The molecule has 0 aliphatic carbocycles. The fourth-order valence-electron chi connectivity index (χ4n) is 3.00. The fourth-order valence-corrected chi connectivity index (χ4v) is 3.85. The van der Waals surface area contributed by atoms with Gasteiger partial charge in [0, 0.05) is 11.6 Å². The Kier molecular flexibility index (Phi) is 6.42. The van der Waals surface area contributed by atoms with Gasteiger partial charge in [-0.1, -0.05) is 49.3 Å². The lowest BCUT2D eigenvalue weighted by Gasteiger charge is -2.16. The molecule has 0 saturated heterocycles. The van der Waals surface area contributed by atoms with Crippen LogP contribution in [0.5, 0.6) is 0 Å². The van der Waals surface area contributed by atoms with E-state index in [1.807, 2.05) is 6.07 Å². The van der Waals surface area contributed by atoms with Crippen LogP contribution in [0.3, 0.4) is 0 Å². The summed E-state index contributed by atoms with van der Waals surface area (Å²) >= 11 is 1.71. The number of hydrogen-bond donors (Lipinski definition) is 2. The van der Waals surface area contributed by atoms with Gasteiger partial charge in [-0.05, 0) is 36.3 Å². The summed E-state index contributed by atoms with van der Waals surface area (Å²) in [6, 6.07) is 14.7. The number of thiophene rings is 1. The SMILES string of the molecule is CC[C@@H](C)c1ccc([C@@H]([NH2+]CC(=O)Nc2cc(C)on2)c2cccs2)cc1. The third-order valence-corrected chi connectivity index (χ3v) is 5.72. The second-order valence-electron chi connectivity index (χ2n) is 6.78. The molecule has 3 aromatic rings. The van der Waals surface area contributed by atoms with Gasteiger partial charge in [-0.25, -0.2) is 0 Å². The maximum absolute atomic E-state index is 12.3. The van der Waals surface area contributed by atoms with Crippen LogP contribution in [-0.4, -0.2) is 17.6 Å². The number of carbonyl (C=O) groups is 1. The molecule has 6 heteroatoms. The van der Waals surface area contributed by atoms with Crippen molar-refractivity contribution in [3.05, 3.63) is 69.6 Å². The number of aryl methyl sites for hydroxylation is 1. The molecular weight excluding hydrogens is 358 g/mol. The molecule has 5 nitrogen and oxygen atoms in total. The van der Waals surface area contributed by atoms with E-state index < -0.39 is 0 Å². The van der Waals surface area contributed by atoms with E-state index in [0.29, 0.717) is 24.0 Å². The smallest absolute Gasteiger partial charge is 0.280 e. The minimum atomic E-state index is -0.0962. The van der Waals surface area contributed by atoms with Crippen LogP contribution in [0.2, 0.25) is 0 Å². The Bertz CT molecular complexity index is 856. The Hall–Kier alpha value is -2.44. The molecule has 3 N–H and O–H groups in total. The van der Waals surface area contributed by atoms with Crippen molar-refractivity contribution in [2.75, 3.05) is 11.9 Å². The lowest BCUT2D eigenvalue weighted by atomic mass is 9.95. The minimum Gasteiger partial charge on any atom is -0.360 e. The van der Waals surface area contributed by atoms with Gasteiger partial charge in [-0.15, -0.1) is 11.3 Å². The molecule has 0 saturated carbocycles. The van der Waals surface area contributed by atoms with Gasteiger partial charge >= 0.3 is 0 Å². The Morgan fingerprint density at radius 3 is 2.59 bits per heavy atom. The van der Waals surface area contributed by atoms with Crippen molar-refractivity contribution in [2.45, 2.75) is 39.2 Å². The normalized spacial score (nSPS) is 13.3. The van der Waals surface area contributed by atoms with Crippen molar-refractivity contribution in [2.24, 2.45) is 0 Å². The monoisotopic (exact) mass is 384 g/mol. The second-order valence-corrected chi connectivity index (χ2v) is 7.76. The number of amides is 1. The summed E-state index contributed by atoms with van der Waals surface area (Å²) in [5.41, 5.74) is 2.56. The molecule has 2 heterocycles. The van der Waals surface area contributed by atoms with Gasteiger partial charge in [0.2, 0.25) is 0 Å². The summed E-state index contributed by atoms with van der Waals surface area (Å²) in [5.74, 6) is 1.59. The molecule has 0 aliphatic rings. The van der Waals surface area contributed by atoms with Crippen LogP contribution in [0, 0.1) is 6.92 Å². The highest BCUT2D eigenvalue weighted by atomic mass is 32.1. The van der Waals surface area contributed by atoms with Crippen LogP contribution in [0.1, 0.15) is 54.0 Å². The molecule has 3 rings (SSSR count). The van der Waals surface area contributed by atoms with E-state index in [1.54, 1.807) is 24.3 Å². The molecule has 0 fully saturated rings. The second kappa shape index (κ2) is 8.97. The lowest BCUT2D eigenvalue weighted by molar-refractivity contribution is -0.675. The molecule has 1 aromatic carbocycles. The predicted octanol–water partition coefficient (Wildman–Crippen LogP) is 3.85. The maximum Gasteiger partial charge on any atom is 0.280 e. The zero-order valence-corrected chi connectivity index (χ0v) is 16.8. The number of anilines is 1. The summed E-state index contributed by atoms with van der Waals surface area (Å²) in [5, 5.41) is 10.7. The van der Waals surface area contributed by atoms with Crippen LogP contribution in [0.4, 0.5) is 5.82 Å². The van der Waals surface area contributed by atoms with Crippen LogP contribution in [0.15, 0.2) is 52.4 Å². The van der Waals surface area contributed by atoms with Crippen molar-refractivity contribution in [3.8, 4) is 0 Å². The summed E-state index contributed by atoms with van der Waals surface area (Å²) in [6.45, 7) is 6.55. The van der Waals surface area contributed by atoms with E-state index in [2.05, 4.69) is 65.3 Å². The first-order valence-corrected chi connectivity index (χ1v) is 10.1. The van der Waals surface area contributed by atoms with Crippen molar-refractivity contribution < 1.29 is 14.6 Å². The van der Waals surface area contributed by atoms with Crippen molar-refractivity contribution in [1.82, 2.24) is 5.16 Å². The summed E-state index contributed by atoms with van der Waals surface area (Å²) < 4.78 is 4.99. The number of nitrogens with two attached hydrogens (primary N) is 1. The zero-order chi connectivity index (χ0) is 19.2. The fraction of sp³-hybridized carbons (Fsp3) is 0.333. The molecule has 27 heavy (non-hydrogen) atoms. The van der Waals surface area contributed by atoms with Gasteiger partial charge in [0.25, 0.3) is 5.91 Å². The van der Waals surface area contributed by atoms with Crippen molar-refractivity contribution in [3.63, 3.8) is 0 Å². The topological polar surface area (TPSA) is 71.7 Å². The van der Waals surface area contributed by atoms with Crippen molar-refractivity contribution in [1.29, 1.82) is 0 Å². The Morgan fingerprint density at radius 1 is 1.26 bits per heavy atom. The van der Waals surface area contributed by atoms with Gasteiger partial charge in [-0.3, -0.25) is 4.79 Å². The Balaban J connectivity index is 1.69. The highest BCUT2D eigenvalue weighted by Gasteiger charge is 2.20. The van der Waals surface area contributed by atoms with Gasteiger partial charge in [0.15, 0.2) is 12.4 Å². The van der Waals surface area contributed by atoms with Crippen LogP contribution < -0.4 is 10.6 Å². The first-order valence-electron chi connectivity index (χ1n) is 9.26. The summed E-state index contributed by atoms with van der Waals surface area (Å²) in [7, 11) is 0. The van der Waals surface area contributed by atoms with Crippen LogP contribution in [-0.2, 0) is 4.79 Å². The van der Waals surface area contributed by atoms with Gasteiger partial charge in [0.05, 0.1) is 4.88 Å². The summed E-state index contributed by atoms with van der Waals surface area (Å²) in [4.78, 5) is 13.5. The first-order chi connectivity index (χ1) is 13.1. The number of hydrogen-bond acceptors (Lipinski definition) is 4. The van der Waals surface area contributed by atoms with E-state index in [9.17, 15) is 4.79 Å². The van der Waals surface area contributed by atoms with E-state index in [0.717, 1.165) is 6.42 Å². The number of aromatic nitrogens is 1. The number of benzene rings is 1. The molecule has 1 amide bonds. The van der Waals surface area contributed by atoms with E-state index >= 15 is 0 Å². The molecule has 0 unspecified atom stereocenters. The number of nitrogens with one attached hydrogen (secondary N) is 1. The third-order valence-electron chi connectivity index (χ3n) is 4.76. The number of rotatable bonds is 8. The van der Waals surface area contributed by atoms with Crippen LogP contribution in [0.25, 0.3) is 0 Å². The van der Waals surface area contributed by atoms with Crippen molar-refractivity contribution >= 4 is 23.1 Å². The zero-order valence-electron chi connectivity index (χ0n) is 15.9. The average Bonchev–Trinajstić information content (AvgIpc) is 3.34. The molecule has 2 aromatic heterocycles. The average molecular weight is 385 g/mol. The predicted molar refractivity (Wildman–Crippen MR) is 108 cm³/mol. The van der Waals surface area contributed by atoms with E-state index in [-0.39, 0.29) is 11.9 Å². The molecule has 0 radical (unpaired) electrons. The Morgan fingerprint density at radius 2 is 2.00 bits per heavy atom. The number of carbonyl (C=O) groups excluding carboxylic acids is 1. The molecule has 142 valence electrons. The highest BCUT2D eigenvalue weighted by Crippen LogP contribution is 2.25. The largest absolute Gasteiger partial charge is 0.360 e. The minimum absolute atomic E-state index is 0.0962. The van der Waals surface area contributed by atoms with Crippen LogP contribution >= 0.6 is 11.3 Å². The molecule has 0 spiro atoms. The molecular formula is C21H26N3O2S+. The maximum atomic E-state index is 12.3. The van der Waals surface area contributed by atoms with E-state index in [1.165, 1.54) is 16.0 Å². The number of nitrogens with zero attached hydrogens (tertiary/aromatic N) is 1. The highest BCUT2D eigenvalue weighted by molar-refractivity contribution is 7.10. The van der Waals surface area contributed by atoms with Gasteiger partial charge < -0.3 is 15.2 Å². The molecule has 0 aliphatic heterocycles. The number of quaternary nitrogens is 1.